The first-order chi connectivity index (χ1) is 13.8. The molecule has 0 aliphatic carbocycles. The SMILES string of the molecule is Cc1cc(C(=O)CN2CCN(C(=O)COc3ccc(Cl)cc3Cl)CC2)c(C)n1C. The maximum absolute atomic E-state index is 12.7. The van der Waals surface area contributed by atoms with E-state index in [1.807, 2.05) is 31.5 Å². The standard InChI is InChI=1S/C21H25Cl2N3O3/c1-14-10-17(15(2)24(14)3)19(27)12-25-6-8-26(9-7-25)21(28)13-29-20-5-4-16(22)11-18(20)23/h4-5,10-11H,6-9,12-13H2,1-3H3. The normalized spacial score (nSPS) is 14.9. The van der Waals surface area contributed by atoms with Gasteiger partial charge in [0.1, 0.15) is 5.75 Å². The molecule has 0 radical (unpaired) electrons. The maximum Gasteiger partial charge on any atom is 0.260 e. The van der Waals surface area contributed by atoms with Gasteiger partial charge in [0, 0.05) is 55.2 Å². The van der Waals surface area contributed by atoms with E-state index in [9.17, 15) is 9.59 Å². The number of benzene rings is 1. The quantitative estimate of drug-likeness (QED) is 0.650. The fourth-order valence-electron chi connectivity index (χ4n) is 3.40. The third-order valence-corrected chi connectivity index (χ3v) is 5.94. The van der Waals surface area contributed by atoms with Crippen molar-refractivity contribution in [1.82, 2.24) is 14.4 Å². The van der Waals surface area contributed by atoms with Crippen LogP contribution in [0.2, 0.25) is 10.0 Å². The predicted molar refractivity (Wildman–Crippen MR) is 114 cm³/mol. The summed E-state index contributed by atoms with van der Waals surface area (Å²) in [6, 6.07) is 6.83. The van der Waals surface area contributed by atoms with E-state index in [0.717, 1.165) is 17.0 Å². The highest BCUT2D eigenvalue weighted by Crippen LogP contribution is 2.27. The van der Waals surface area contributed by atoms with Gasteiger partial charge in [0.25, 0.3) is 5.91 Å². The molecule has 3 rings (SSSR count). The molecule has 2 heterocycles. The number of carbonyl (C=O) groups excluding carboxylic acids is 2. The second-order valence-electron chi connectivity index (χ2n) is 7.29. The highest BCUT2D eigenvalue weighted by atomic mass is 35.5. The molecule has 0 saturated carbocycles. The fourth-order valence-corrected chi connectivity index (χ4v) is 3.87. The first-order valence-corrected chi connectivity index (χ1v) is 10.3. The van der Waals surface area contributed by atoms with Crippen LogP contribution in [0.3, 0.4) is 0 Å². The number of ether oxygens (including phenoxy) is 1. The van der Waals surface area contributed by atoms with Crippen molar-refractivity contribution in [2.45, 2.75) is 13.8 Å². The summed E-state index contributed by atoms with van der Waals surface area (Å²) in [6.07, 6.45) is 0. The zero-order chi connectivity index (χ0) is 21.1. The summed E-state index contributed by atoms with van der Waals surface area (Å²) in [5, 5.41) is 0.889. The fraction of sp³-hybridized carbons (Fsp3) is 0.429. The summed E-state index contributed by atoms with van der Waals surface area (Å²) in [4.78, 5) is 28.9. The Balaban J connectivity index is 1.47. The lowest BCUT2D eigenvalue weighted by Crippen LogP contribution is -2.51. The van der Waals surface area contributed by atoms with E-state index >= 15 is 0 Å². The number of Topliss-reactive ketones (excluding diaryl/α,β-unsaturated/α-hetero) is 1. The highest BCUT2D eigenvalue weighted by molar-refractivity contribution is 6.35. The smallest absolute Gasteiger partial charge is 0.260 e. The zero-order valence-electron chi connectivity index (χ0n) is 16.9. The van der Waals surface area contributed by atoms with Crippen LogP contribution in [0.4, 0.5) is 0 Å². The molecule has 0 spiro atoms. The van der Waals surface area contributed by atoms with Crippen LogP contribution in [-0.4, -0.2) is 65.4 Å². The van der Waals surface area contributed by atoms with Gasteiger partial charge in [-0.2, -0.15) is 0 Å². The molecule has 156 valence electrons. The molecule has 1 amide bonds. The lowest BCUT2D eigenvalue weighted by Gasteiger charge is -2.34. The first-order valence-electron chi connectivity index (χ1n) is 9.50. The van der Waals surface area contributed by atoms with Crippen LogP contribution in [0.25, 0.3) is 0 Å². The van der Waals surface area contributed by atoms with Crippen molar-refractivity contribution >= 4 is 34.9 Å². The third kappa shape index (κ3) is 5.13. The van der Waals surface area contributed by atoms with Gasteiger partial charge in [0.05, 0.1) is 11.6 Å². The van der Waals surface area contributed by atoms with Crippen molar-refractivity contribution in [3.05, 3.63) is 51.3 Å². The lowest BCUT2D eigenvalue weighted by atomic mass is 10.1. The van der Waals surface area contributed by atoms with E-state index in [2.05, 4.69) is 4.90 Å². The summed E-state index contributed by atoms with van der Waals surface area (Å²) in [5.41, 5.74) is 2.83. The van der Waals surface area contributed by atoms with Gasteiger partial charge in [-0.25, -0.2) is 0 Å². The van der Waals surface area contributed by atoms with Crippen molar-refractivity contribution in [2.75, 3.05) is 39.3 Å². The van der Waals surface area contributed by atoms with Crippen molar-refractivity contribution in [1.29, 1.82) is 0 Å². The minimum atomic E-state index is -0.100. The summed E-state index contributed by atoms with van der Waals surface area (Å²) in [6.45, 7) is 6.69. The molecule has 1 aliphatic rings. The van der Waals surface area contributed by atoms with Crippen molar-refractivity contribution in [3.63, 3.8) is 0 Å². The number of carbonyl (C=O) groups is 2. The number of ketones is 1. The highest BCUT2D eigenvalue weighted by Gasteiger charge is 2.24. The summed E-state index contributed by atoms with van der Waals surface area (Å²) >= 11 is 11.9. The number of nitrogens with zero attached hydrogens (tertiary/aromatic N) is 3. The van der Waals surface area contributed by atoms with Crippen LogP contribution in [0.5, 0.6) is 5.75 Å². The average molecular weight is 438 g/mol. The number of aromatic nitrogens is 1. The Labute approximate surface area is 180 Å². The topological polar surface area (TPSA) is 54.8 Å². The molecular formula is C21H25Cl2N3O3. The molecule has 1 fully saturated rings. The van der Waals surface area contributed by atoms with Crippen LogP contribution in [-0.2, 0) is 11.8 Å². The van der Waals surface area contributed by atoms with E-state index in [1.54, 1.807) is 23.1 Å². The monoisotopic (exact) mass is 437 g/mol. The molecule has 1 aliphatic heterocycles. The molecule has 0 N–H and O–H groups in total. The molecule has 0 unspecified atom stereocenters. The molecule has 1 aromatic heterocycles. The molecule has 0 atom stereocenters. The van der Waals surface area contributed by atoms with Gasteiger partial charge in [-0.15, -0.1) is 0 Å². The van der Waals surface area contributed by atoms with Gasteiger partial charge in [-0.3, -0.25) is 14.5 Å². The Kier molecular flexibility index (Phi) is 6.88. The molecule has 6 nitrogen and oxygen atoms in total. The molecule has 1 aromatic carbocycles. The van der Waals surface area contributed by atoms with Gasteiger partial charge < -0.3 is 14.2 Å². The summed E-state index contributed by atoms with van der Waals surface area (Å²) < 4.78 is 7.56. The van der Waals surface area contributed by atoms with Gasteiger partial charge >= 0.3 is 0 Å². The minimum Gasteiger partial charge on any atom is -0.482 e. The maximum atomic E-state index is 12.7. The lowest BCUT2D eigenvalue weighted by molar-refractivity contribution is -0.135. The van der Waals surface area contributed by atoms with Gasteiger partial charge in [0.2, 0.25) is 0 Å². The van der Waals surface area contributed by atoms with Crippen LogP contribution >= 0.6 is 23.2 Å². The number of amides is 1. The Morgan fingerprint density at radius 1 is 1.07 bits per heavy atom. The van der Waals surface area contributed by atoms with E-state index in [0.29, 0.717) is 48.5 Å². The number of aryl methyl sites for hydroxylation is 1. The van der Waals surface area contributed by atoms with E-state index < -0.39 is 0 Å². The summed E-state index contributed by atoms with van der Waals surface area (Å²) in [7, 11) is 1.96. The second-order valence-corrected chi connectivity index (χ2v) is 8.13. The Morgan fingerprint density at radius 3 is 2.34 bits per heavy atom. The van der Waals surface area contributed by atoms with Crippen LogP contribution in [0.1, 0.15) is 21.7 Å². The van der Waals surface area contributed by atoms with Gasteiger partial charge in [0.15, 0.2) is 12.4 Å². The van der Waals surface area contributed by atoms with Crippen molar-refractivity contribution < 1.29 is 14.3 Å². The minimum absolute atomic E-state index is 0.0806. The van der Waals surface area contributed by atoms with Gasteiger partial charge in [-0.05, 0) is 38.1 Å². The number of halogens is 2. The number of rotatable bonds is 6. The van der Waals surface area contributed by atoms with Crippen LogP contribution in [0, 0.1) is 13.8 Å². The molecule has 0 bridgehead atoms. The first kappa shape index (κ1) is 21.7. The zero-order valence-corrected chi connectivity index (χ0v) is 18.4. The average Bonchev–Trinajstić information content (AvgIpc) is 2.95. The number of hydrogen-bond donors (Lipinski definition) is 0. The van der Waals surface area contributed by atoms with Crippen molar-refractivity contribution in [2.24, 2.45) is 7.05 Å². The molecule has 8 heteroatoms. The largest absolute Gasteiger partial charge is 0.482 e. The third-order valence-electron chi connectivity index (χ3n) is 5.41. The molecule has 2 aromatic rings. The molecular weight excluding hydrogens is 413 g/mol. The number of piperazine rings is 1. The van der Waals surface area contributed by atoms with Crippen molar-refractivity contribution in [3.8, 4) is 5.75 Å². The van der Waals surface area contributed by atoms with Crippen LogP contribution in [0.15, 0.2) is 24.3 Å². The molecule has 29 heavy (non-hydrogen) atoms. The van der Waals surface area contributed by atoms with Crippen LogP contribution < -0.4 is 4.74 Å². The Morgan fingerprint density at radius 2 is 1.76 bits per heavy atom. The number of hydrogen-bond acceptors (Lipinski definition) is 4. The Bertz CT molecular complexity index is 918. The summed E-state index contributed by atoms with van der Waals surface area (Å²) in [5.74, 6) is 0.449. The molecule has 1 saturated heterocycles. The van der Waals surface area contributed by atoms with E-state index in [4.69, 9.17) is 27.9 Å². The second kappa shape index (κ2) is 9.20. The van der Waals surface area contributed by atoms with E-state index in [1.165, 1.54) is 0 Å². The Hall–Kier alpha value is -2.02. The van der Waals surface area contributed by atoms with Gasteiger partial charge in [-0.1, -0.05) is 23.2 Å². The van der Waals surface area contributed by atoms with E-state index in [-0.39, 0.29) is 18.3 Å². The predicted octanol–water partition coefficient (Wildman–Crippen LogP) is 3.35.